The predicted octanol–water partition coefficient (Wildman–Crippen LogP) is 1.32. The van der Waals surface area contributed by atoms with Gasteiger partial charge in [0.1, 0.15) is 5.82 Å². The maximum Gasteiger partial charge on any atom is 0.147 e. The van der Waals surface area contributed by atoms with Crippen molar-refractivity contribution in [3.8, 4) is 0 Å². The third-order valence-corrected chi connectivity index (χ3v) is 1.42. The van der Waals surface area contributed by atoms with Gasteiger partial charge in [0.25, 0.3) is 0 Å². The molecule has 3 N–H and O–H groups in total. The number of pyridine rings is 1. The van der Waals surface area contributed by atoms with Crippen molar-refractivity contribution in [2.24, 2.45) is 5.84 Å². The van der Waals surface area contributed by atoms with Crippen LogP contribution >= 0.6 is 0 Å². The lowest BCUT2D eigenvalue weighted by Crippen LogP contribution is -2.10. The summed E-state index contributed by atoms with van der Waals surface area (Å²) in [6.45, 7) is 5.54. The van der Waals surface area contributed by atoms with Gasteiger partial charge in [-0.25, -0.2) is 10.8 Å². The molecule has 0 aliphatic carbocycles. The highest BCUT2D eigenvalue weighted by atomic mass is 15.2. The van der Waals surface area contributed by atoms with Gasteiger partial charge in [-0.1, -0.05) is 12.7 Å². The summed E-state index contributed by atoms with van der Waals surface area (Å²) in [4.78, 5) is 4.16. The molecule has 0 aliphatic rings. The van der Waals surface area contributed by atoms with E-state index >= 15 is 0 Å². The van der Waals surface area contributed by atoms with E-state index in [1.165, 1.54) is 0 Å². The minimum Gasteiger partial charge on any atom is -0.308 e. The van der Waals surface area contributed by atoms with E-state index in [1.54, 1.807) is 6.08 Å². The molecule has 0 saturated carbocycles. The SMILES string of the molecule is C=Cc1ccc(C)nc1NN. The van der Waals surface area contributed by atoms with Crippen LogP contribution in [0.5, 0.6) is 0 Å². The first-order valence-corrected chi connectivity index (χ1v) is 3.34. The zero-order valence-corrected chi connectivity index (χ0v) is 6.46. The van der Waals surface area contributed by atoms with Crippen LogP contribution in [0.4, 0.5) is 5.82 Å². The molecule has 1 heterocycles. The van der Waals surface area contributed by atoms with E-state index in [9.17, 15) is 0 Å². The number of aromatic nitrogens is 1. The Morgan fingerprint density at radius 2 is 2.36 bits per heavy atom. The average molecular weight is 149 g/mol. The van der Waals surface area contributed by atoms with Crippen LogP contribution in [0.25, 0.3) is 6.08 Å². The van der Waals surface area contributed by atoms with Crippen LogP contribution < -0.4 is 11.3 Å². The summed E-state index contributed by atoms with van der Waals surface area (Å²) < 4.78 is 0. The minimum atomic E-state index is 0.667. The molecular formula is C8H11N3. The van der Waals surface area contributed by atoms with Gasteiger partial charge in [0.05, 0.1) is 0 Å². The molecule has 1 aromatic rings. The summed E-state index contributed by atoms with van der Waals surface area (Å²) >= 11 is 0. The van der Waals surface area contributed by atoms with Crippen molar-refractivity contribution < 1.29 is 0 Å². The lowest BCUT2D eigenvalue weighted by Gasteiger charge is -2.03. The van der Waals surface area contributed by atoms with Crippen LogP contribution in [0.2, 0.25) is 0 Å². The number of nitrogens with zero attached hydrogens (tertiary/aromatic N) is 1. The van der Waals surface area contributed by atoms with Crippen LogP contribution in [0, 0.1) is 6.92 Å². The second-order valence-corrected chi connectivity index (χ2v) is 2.24. The van der Waals surface area contributed by atoms with Crippen LogP contribution in [0.3, 0.4) is 0 Å². The van der Waals surface area contributed by atoms with Gasteiger partial charge in [0.15, 0.2) is 0 Å². The number of nitrogens with one attached hydrogen (secondary N) is 1. The Morgan fingerprint density at radius 1 is 1.64 bits per heavy atom. The fourth-order valence-electron chi connectivity index (χ4n) is 0.848. The maximum absolute atomic E-state index is 5.23. The minimum absolute atomic E-state index is 0.667. The Labute approximate surface area is 65.9 Å². The van der Waals surface area contributed by atoms with E-state index in [-0.39, 0.29) is 0 Å². The summed E-state index contributed by atoms with van der Waals surface area (Å²) in [5, 5.41) is 0. The van der Waals surface area contributed by atoms with Crippen LogP contribution in [-0.4, -0.2) is 4.98 Å². The molecule has 0 radical (unpaired) electrons. The summed E-state index contributed by atoms with van der Waals surface area (Å²) in [5.41, 5.74) is 4.35. The molecule has 0 saturated heterocycles. The molecular weight excluding hydrogens is 138 g/mol. The number of rotatable bonds is 2. The second kappa shape index (κ2) is 3.16. The Morgan fingerprint density at radius 3 is 2.91 bits per heavy atom. The summed E-state index contributed by atoms with van der Waals surface area (Å²) in [6.07, 6.45) is 1.71. The molecule has 1 rings (SSSR count). The van der Waals surface area contributed by atoms with Gasteiger partial charge in [-0.3, -0.25) is 0 Å². The van der Waals surface area contributed by atoms with Crippen molar-refractivity contribution in [1.29, 1.82) is 0 Å². The van der Waals surface area contributed by atoms with Gasteiger partial charge < -0.3 is 5.43 Å². The molecule has 0 aliphatic heterocycles. The third kappa shape index (κ3) is 1.56. The molecule has 0 unspecified atom stereocenters. The molecule has 58 valence electrons. The number of hydrogen-bond acceptors (Lipinski definition) is 3. The van der Waals surface area contributed by atoms with Crippen LogP contribution in [0.15, 0.2) is 18.7 Å². The van der Waals surface area contributed by atoms with Crippen molar-refractivity contribution in [2.75, 3.05) is 5.43 Å². The molecule has 0 spiro atoms. The zero-order valence-electron chi connectivity index (χ0n) is 6.46. The molecule has 0 bridgehead atoms. The fraction of sp³-hybridized carbons (Fsp3) is 0.125. The highest BCUT2D eigenvalue weighted by Gasteiger charge is 1.97. The molecule has 1 aromatic heterocycles. The summed E-state index contributed by atoms with van der Waals surface area (Å²) in [5.74, 6) is 5.90. The number of aryl methyl sites for hydroxylation is 1. The number of hydrogen-bond donors (Lipinski definition) is 2. The Balaban J connectivity index is 3.16. The van der Waals surface area contributed by atoms with Crippen molar-refractivity contribution >= 4 is 11.9 Å². The van der Waals surface area contributed by atoms with Gasteiger partial charge in [0.2, 0.25) is 0 Å². The maximum atomic E-state index is 5.23. The second-order valence-electron chi connectivity index (χ2n) is 2.24. The summed E-state index contributed by atoms with van der Waals surface area (Å²) in [6, 6.07) is 3.84. The van der Waals surface area contributed by atoms with Crippen molar-refractivity contribution in [3.05, 3.63) is 30.0 Å². The third-order valence-electron chi connectivity index (χ3n) is 1.42. The lowest BCUT2D eigenvalue weighted by atomic mass is 10.2. The molecule has 3 nitrogen and oxygen atoms in total. The molecule has 0 atom stereocenters. The number of anilines is 1. The average Bonchev–Trinajstić information content (AvgIpc) is 2.04. The zero-order chi connectivity index (χ0) is 8.27. The fourth-order valence-corrected chi connectivity index (χ4v) is 0.848. The number of nitrogens with two attached hydrogens (primary N) is 1. The van der Waals surface area contributed by atoms with Crippen LogP contribution in [0.1, 0.15) is 11.3 Å². The van der Waals surface area contributed by atoms with Gasteiger partial charge in [-0.05, 0) is 19.1 Å². The van der Waals surface area contributed by atoms with Crippen molar-refractivity contribution in [2.45, 2.75) is 6.92 Å². The van der Waals surface area contributed by atoms with E-state index < -0.39 is 0 Å². The molecule has 0 fully saturated rings. The normalized spacial score (nSPS) is 9.27. The van der Waals surface area contributed by atoms with Crippen LogP contribution in [-0.2, 0) is 0 Å². The number of hydrazine groups is 1. The first kappa shape index (κ1) is 7.75. The molecule has 0 aromatic carbocycles. The van der Waals surface area contributed by atoms with Gasteiger partial charge in [0, 0.05) is 11.3 Å². The van der Waals surface area contributed by atoms with E-state index in [0.717, 1.165) is 11.3 Å². The summed E-state index contributed by atoms with van der Waals surface area (Å²) in [7, 11) is 0. The van der Waals surface area contributed by atoms with Gasteiger partial charge >= 0.3 is 0 Å². The van der Waals surface area contributed by atoms with E-state index in [0.29, 0.717) is 5.82 Å². The Kier molecular flexibility index (Phi) is 2.23. The van der Waals surface area contributed by atoms with E-state index in [2.05, 4.69) is 17.0 Å². The first-order valence-electron chi connectivity index (χ1n) is 3.34. The first-order chi connectivity index (χ1) is 5.27. The predicted molar refractivity (Wildman–Crippen MR) is 46.9 cm³/mol. The smallest absolute Gasteiger partial charge is 0.147 e. The highest BCUT2D eigenvalue weighted by molar-refractivity contribution is 5.61. The van der Waals surface area contributed by atoms with Gasteiger partial charge in [-0.2, -0.15) is 0 Å². The number of nitrogen functional groups attached to an aromatic ring is 1. The Bertz CT molecular complexity index is 268. The van der Waals surface area contributed by atoms with Gasteiger partial charge in [-0.15, -0.1) is 0 Å². The quantitative estimate of drug-likeness (QED) is 0.492. The lowest BCUT2D eigenvalue weighted by molar-refractivity contribution is 1.15. The molecule has 11 heavy (non-hydrogen) atoms. The highest BCUT2D eigenvalue weighted by Crippen LogP contribution is 2.12. The largest absolute Gasteiger partial charge is 0.308 e. The van der Waals surface area contributed by atoms with E-state index in [1.807, 2.05) is 19.1 Å². The topological polar surface area (TPSA) is 50.9 Å². The molecule has 3 heteroatoms. The van der Waals surface area contributed by atoms with Crippen molar-refractivity contribution in [3.63, 3.8) is 0 Å². The van der Waals surface area contributed by atoms with E-state index in [4.69, 9.17) is 5.84 Å². The monoisotopic (exact) mass is 149 g/mol. The standard InChI is InChI=1S/C8H11N3/c1-3-7-5-4-6(2)10-8(7)11-9/h3-5H,1,9H2,2H3,(H,10,11). The molecule has 0 amide bonds. The van der Waals surface area contributed by atoms with Crippen molar-refractivity contribution in [1.82, 2.24) is 4.98 Å². The Hall–Kier alpha value is -1.35.